The lowest BCUT2D eigenvalue weighted by Gasteiger charge is -2.40. The quantitative estimate of drug-likeness (QED) is 0.854. The Morgan fingerprint density at radius 2 is 1.74 bits per heavy atom. The van der Waals surface area contributed by atoms with Gasteiger partial charge in [0.1, 0.15) is 0 Å². The first-order valence-corrected chi connectivity index (χ1v) is 7.81. The van der Waals surface area contributed by atoms with E-state index in [0.29, 0.717) is 6.54 Å². The Morgan fingerprint density at radius 3 is 2.32 bits per heavy atom. The van der Waals surface area contributed by atoms with Crippen molar-refractivity contribution < 1.29 is 9.90 Å². The van der Waals surface area contributed by atoms with Crippen molar-refractivity contribution in [1.29, 1.82) is 0 Å². The number of nitrogens with zero attached hydrogens (tertiary/aromatic N) is 1. The summed E-state index contributed by atoms with van der Waals surface area (Å²) in [5.74, 6) is 0.376. The molecular weight excluding hydrogens is 238 g/mol. The zero-order valence-corrected chi connectivity index (χ0v) is 12.7. The molecule has 0 saturated heterocycles. The maximum Gasteiger partial charge on any atom is 0.226 e. The summed E-state index contributed by atoms with van der Waals surface area (Å²) < 4.78 is 0. The fraction of sp³-hybridized carbons (Fsp3) is 0.938. The average Bonchev–Trinajstić information content (AvgIpc) is 2.74. The van der Waals surface area contributed by atoms with E-state index in [0.717, 1.165) is 44.9 Å². The zero-order valence-electron chi connectivity index (χ0n) is 12.7. The van der Waals surface area contributed by atoms with Crippen LogP contribution in [0.5, 0.6) is 0 Å². The van der Waals surface area contributed by atoms with Crippen LogP contribution >= 0.6 is 0 Å². The van der Waals surface area contributed by atoms with Gasteiger partial charge in [0.15, 0.2) is 0 Å². The molecule has 3 heteroatoms. The predicted molar refractivity (Wildman–Crippen MR) is 76.8 cm³/mol. The number of aliphatic hydroxyl groups is 1. The Bertz CT molecular complexity index is 332. The summed E-state index contributed by atoms with van der Waals surface area (Å²) in [5.41, 5.74) is -0.509. The van der Waals surface area contributed by atoms with Gasteiger partial charge in [0, 0.05) is 19.5 Å². The van der Waals surface area contributed by atoms with E-state index in [1.54, 1.807) is 4.90 Å². The zero-order chi connectivity index (χ0) is 14.1. The van der Waals surface area contributed by atoms with Crippen LogP contribution in [-0.4, -0.2) is 35.1 Å². The van der Waals surface area contributed by atoms with E-state index in [1.807, 2.05) is 7.05 Å². The minimum atomic E-state index is -0.622. The van der Waals surface area contributed by atoms with Crippen molar-refractivity contribution in [2.24, 2.45) is 11.3 Å². The molecular formula is C16H29NO2. The molecule has 19 heavy (non-hydrogen) atoms. The van der Waals surface area contributed by atoms with Gasteiger partial charge in [-0.1, -0.05) is 39.5 Å². The van der Waals surface area contributed by atoms with E-state index in [-0.39, 0.29) is 17.2 Å². The summed E-state index contributed by atoms with van der Waals surface area (Å²) in [6.07, 6.45) is 8.43. The monoisotopic (exact) mass is 267 g/mol. The molecule has 2 aliphatic rings. The van der Waals surface area contributed by atoms with E-state index in [4.69, 9.17) is 0 Å². The molecule has 2 aliphatic carbocycles. The molecule has 0 aromatic rings. The maximum atomic E-state index is 12.7. The smallest absolute Gasteiger partial charge is 0.226 e. The van der Waals surface area contributed by atoms with Crippen LogP contribution in [0.25, 0.3) is 0 Å². The Morgan fingerprint density at radius 1 is 1.16 bits per heavy atom. The largest absolute Gasteiger partial charge is 0.388 e. The highest BCUT2D eigenvalue weighted by Crippen LogP contribution is 2.41. The molecule has 0 aromatic carbocycles. The summed E-state index contributed by atoms with van der Waals surface area (Å²) in [5, 5.41) is 10.4. The lowest BCUT2D eigenvalue weighted by Crippen LogP contribution is -2.47. The van der Waals surface area contributed by atoms with Crippen LogP contribution in [-0.2, 0) is 4.79 Å². The minimum Gasteiger partial charge on any atom is -0.388 e. The fourth-order valence-corrected chi connectivity index (χ4v) is 3.93. The van der Waals surface area contributed by atoms with Gasteiger partial charge in [-0.25, -0.2) is 0 Å². The molecule has 0 bridgehead atoms. The van der Waals surface area contributed by atoms with Crippen molar-refractivity contribution in [3.8, 4) is 0 Å². The van der Waals surface area contributed by atoms with Crippen molar-refractivity contribution in [3.63, 3.8) is 0 Å². The number of hydrogen-bond acceptors (Lipinski definition) is 2. The number of carbonyl (C=O) groups is 1. The summed E-state index contributed by atoms with van der Waals surface area (Å²) in [6.45, 7) is 4.94. The first-order chi connectivity index (χ1) is 8.84. The highest BCUT2D eigenvalue weighted by molar-refractivity contribution is 5.79. The predicted octanol–water partition coefficient (Wildman–Crippen LogP) is 2.97. The summed E-state index contributed by atoms with van der Waals surface area (Å²) >= 11 is 0. The Labute approximate surface area is 117 Å². The van der Waals surface area contributed by atoms with Crippen LogP contribution in [0.2, 0.25) is 0 Å². The summed E-state index contributed by atoms with van der Waals surface area (Å²) in [4.78, 5) is 14.5. The summed E-state index contributed by atoms with van der Waals surface area (Å²) in [7, 11) is 1.86. The van der Waals surface area contributed by atoms with E-state index < -0.39 is 5.60 Å². The Hall–Kier alpha value is -0.570. The van der Waals surface area contributed by atoms with Crippen molar-refractivity contribution in [2.75, 3.05) is 13.6 Å². The molecule has 0 heterocycles. The third-order valence-corrected chi connectivity index (χ3v) is 5.25. The molecule has 2 fully saturated rings. The van der Waals surface area contributed by atoms with Gasteiger partial charge in [0.2, 0.25) is 5.91 Å². The van der Waals surface area contributed by atoms with Crippen LogP contribution in [0.3, 0.4) is 0 Å². The molecule has 1 N–H and O–H groups in total. The molecule has 3 nitrogen and oxygen atoms in total. The van der Waals surface area contributed by atoms with Gasteiger partial charge in [-0.05, 0) is 31.1 Å². The van der Waals surface area contributed by atoms with Gasteiger partial charge in [0.05, 0.1) is 5.60 Å². The van der Waals surface area contributed by atoms with Crippen molar-refractivity contribution in [1.82, 2.24) is 4.90 Å². The number of carbonyl (C=O) groups excluding carboxylic acids is 1. The minimum absolute atomic E-state index is 0.113. The first kappa shape index (κ1) is 14.8. The van der Waals surface area contributed by atoms with Gasteiger partial charge in [0.25, 0.3) is 0 Å². The van der Waals surface area contributed by atoms with Crippen molar-refractivity contribution in [2.45, 2.75) is 70.8 Å². The van der Waals surface area contributed by atoms with Gasteiger partial charge < -0.3 is 10.0 Å². The average molecular weight is 267 g/mol. The lowest BCUT2D eigenvalue weighted by atomic mass is 9.68. The second kappa shape index (κ2) is 5.43. The van der Waals surface area contributed by atoms with Crippen LogP contribution in [0.15, 0.2) is 0 Å². The van der Waals surface area contributed by atoms with Crippen LogP contribution < -0.4 is 0 Å². The molecule has 0 spiro atoms. The van der Waals surface area contributed by atoms with Crippen LogP contribution in [0.4, 0.5) is 0 Å². The highest BCUT2D eigenvalue weighted by Gasteiger charge is 2.40. The normalized spacial score (nSPS) is 29.2. The van der Waals surface area contributed by atoms with Gasteiger partial charge in [-0.15, -0.1) is 0 Å². The first-order valence-electron chi connectivity index (χ1n) is 7.81. The topological polar surface area (TPSA) is 40.5 Å². The van der Waals surface area contributed by atoms with Gasteiger partial charge in [-0.3, -0.25) is 4.79 Å². The second-order valence-electron chi connectivity index (χ2n) is 7.41. The Balaban J connectivity index is 1.98. The van der Waals surface area contributed by atoms with Gasteiger partial charge >= 0.3 is 0 Å². The standard InChI is InChI=1S/C16H29NO2/c1-15(2)9-5-4-8-13(15)14(18)17(3)12-16(19)10-6-7-11-16/h13,19H,4-12H2,1-3H3. The molecule has 1 amide bonds. The molecule has 2 rings (SSSR count). The third kappa shape index (κ3) is 3.31. The molecule has 0 radical (unpaired) electrons. The maximum absolute atomic E-state index is 12.7. The van der Waals surface area contributed by atoms with Crippen molar-refractivity contribution in [3.05, 3.63) is 0 Å². The van der Waals surface area contributed by atoms with E-state index in [1.165, 1.54) is 6.42 Å². The van der Waals surface area contributed by atoms with Crippen molar-refractivity contribution >= 4 is 5.91 Å². The molecule has 0 aliphatic heterocycles. The fourth-order valence-electron chi connectivity index (χ4n) is 3.93. The molecule has 1 unspecified atom stereocenters. The second-order valence-corrected chi connectivity index (χ2v) is 7.41. The van der Waals surface area contributed by atoms with E-state index in [9.17, 15) is 9.90 Å². The Kier molecular flexibility index (Phi) is 4.24. The number of rotatable bonds is 3. The third-order valence-electron chi connectivity index (χ3n) is 5.25. The number of likely N-dealkylation sites (N-methyl/N-ethyl adjacent to an activating group) is 1. The highest BCUT2D eigenvalue weighted by atomic mass is 16.3. The van der Waals surface area contributed by atoms with E-state index >= 15 is 0 Å². The van der Waals surface area contributed by atoms with E-state index in [2.05, 4.69) is 13.8 Å². The molecule has 2 saturated carbocycles. The van der Waals surface area contributed by atoms with Gasteiger partial charge in [-0.2, -0.15) is 0 Å². The molecule has 1 atom stereocenters. The summed E-state index contributed by atoms with van der Waals surface area (Å²) in [6, 6.07) is 0. The molecule has 110 valence electrons. The number of amides is 1. The van der Waals surface area contributed by atoms with Crippen LogP contribution in [0.1, 0.15) is 65.2 Å². The molecule has 0 aromatic heterocycles. The van der Waals surface area contributed by atoms with Crippen LogP contribution in [0, 0.1) is 11.3 Å². The number of hydrogen-bond donors (Lipinski definition) is 1. The lowest BCUT2D eigenvalue weighted by molar-refractivity contribution is -0.143. The SMILES string of the molecule is CN(CC1(O)CCCC1)C(=O)C1CCCCC1(C)C.